The summed E-state index contributed by atoms with van der Waals surface area (Å²) >= 11 is 5.24. The Morgan fingerprint density at radius 3 is 2.80 bits per heavy atom. The maximum atomic E-state index is 10.3. The summed E-state index contributed by atoms with van der Waals surface area (Å²) in [5.74, 6) is 0.763. The highest BCUT2D eigenvalue weighted by Crippen LogP contribution is 2.36. The van der Waals surface area contributed by atoms with Gasteiger partial charge in [0, 0.05) is 15.8 Å². The summed E-state index contributed by atoms with van der Waals surface area (Å²) in [6.45, 7) is 1.97. The maximum absolute atomic E-state index is 10.3. The van der Waals surface area contributed by atoms with Crippen molar-refractivity contribution in [2.24, 2.45) is 5.92 Å². The molecule has 1 aromatic rings. The second-order valence-corrected chi connectivity index (χ2v) is 6.72. The van der Waals surface area contributed by atoms with Gasteiger partial charge in [-0.15, -0.1) is 11.3 Å². The molecule has 0 aliphatic heterocycles. The number of halogens is 1. The predicted molar refractivity (Wildman–Crippen MR) is 68.3 cm³/mol. The Morgan fingerprint density at radius 2 is 2.33 bits per heavy atom. The van der Waals surface area contributed by atoms with Crippen molar-refractivity contribution in [1.29, 1.82) is 0 Å². The Bertz CT molecular complexity index is 328. The zero-order valence-electron chi connectivity index (χ0n) is 9.00. The van der Waals surface area contributed by atoms with Crippen LogP contribution in [-0.2, 0) is 6.42 Å². The third-order valence-electron chi connectivity index (χ3n) is 3.19. The fourth-order valence-corrected chi connectivity index (χ4v) is 3.86. The minimum Gasteiger partial charge on any atom is -0.390 e. The van der Waals surface area contributed by atoms with Gasteiger partial charge in [0.1, 0.15) is 0 Å². The first kappa shape index (κ1) is 11.6. The first-order valence-electron chi connectivity index (χ1n) is 5.51. The number of hydrogen-bond acceptors (Lipinski definition) is 2. The predicted octanol–water partition coefficient (Wildman–Crippen LogP) is 3.99. The van der Waals surface area contributed by atoms with E-state index in [2.05, 4.69) is 27.4 Å². The van der Waals surface area contributed by atoms with Crippen LogP contribution in [0.15, 0.2) is 15.9 Å². The van der Waals surface area contributed by atoms with Crippen molar-refractivity contribution in [3.8, 4) is 0 Å². The molecule has 1 heterocycles. The van der Waals surface area contributed by atoms with Gasteiger partial charge in [-0.3, -0.25) is 0 Å². The summed E-state index contributed by atoms with van der Waals surface area (Å²) in [4.78, 5) is 1.26. The van der Waals surface area contributed by atoms with E-state index in [1.807, 2.05) is 6.92 Å². The van der Waals surface area contributed by atoms with E-state index in [4.69, 9.17) is 0 Å². The van der Waals surface area contributed by atoms with Crippen molar-refractivity contribution in [2.75, 3.05) is 0 Å². The van der Waals surface area contributed by atoms with Gasteiger partial charge in [-0.05, 0) is 46.6 Å². The highest BCUT2D eigenvalue weighted by atomic mass is 79.9. The van der Waals surface area contributed by atoms with Crippen LogP contribution in [0.5, 0.6) is 0 Å². The molecule has 1 aliphatic rings. The van der Waals surface area contributed by atoms with Crippen LogP contribution in [0.4, 0.5) is 0 Å². The van der Waals surface area contributed by atoms with Crippen molar-refractivity contribution in [2.45, 2.75) is 44.6 Å². The second-order valence-electron chi connectivity index (χ2n) is 4.87. The minimum atomic E-state index is -0.529. The van der Waals surface area contributed by atoms with Crippen LogP contribution in [0.2, 0.25) is 0 Å². The van der Waals surface area contributed by atoms with Crippen molar-refractivity contribution < 1.29 is 5.11 Å². The molecule has 0 radical (unpaired) electrons. The molecule has 0 saturated heterocycles. The molecule has 0 amide bonds. The van der Waals surface area contributed by atoms with Crippen LogP contribution in [0.25, 0.3) is 0 Å². The molecular weight excluding hydrogens is 272 g/mol. The number of rotatable bonds is 4. The number of thiophene rings is 1. The molecule has 0 aromatic carbocycles. The summed E-state index contributed by atoms with van der Waals surface area (Å²) in [6, 6.07) is 2.05. The van der Waals surface area contributed by atoms with E-state index in [1.54, 1.807) is 11.3 Å². The van der Waals surface area contributed by atoms with Gasteiger partial charge in [0.05, 0.1) is 5.60 Å². The molecule has 1 atom stereocenters. The molecule has 1 aromatic heterocycles. The van der Waals surface area contributed by atoms with E-state index in [-0.39, 0.29) is 0 Å². The first-order valence-corrected chi connectivity index (χ1v) is 7.18. The Morgan fingerprint density at radius 1 is 1.60 bits per heavy atom. The summed E-state index contributed by atoms with van der Waals surface area (Å²) in [5, 5.41) is 12.4. The molecule has 15 heavy (non-hydrogen) atoms. The lowest BCUT2D eigenvalue weighted by Gasteiger charge is -2.33. The smallest absolute Gasteiger partial charge is 0.0670 e. The van der Waals surface area contributed by atoms with E-state index in [9.17, 15) is 5.11 Å². The highest BCUT2D eigenvalue weighted by Gasteiger charge is 2.29. The molecule has 1 fully saturated rings. The van der Waals surface area contributed by atoms with E-state index in [0.717, 1.165) is 23.2 Å². The van der Waals surface area contributed by atoms with Crippen molar-refractivity contribution in [3.63, 3.8) is 0 Å². The zero-order chi connectivity index (χ0) is 10.9. The van der Waals surface area contributed by atoms with Crippen molar-refractivity contribution >= 4 is 27.3 Å². The molecule has 3 heteroatoms. The average molecular weight is 289 g/mol. The van der Waals surface area contributed by atoms with Crippen LogP contribution in [0.1, 0.15) is 37.5 Å². The molecule has 1 unspecified atom stereocenters. The van der Waals surface area contributed by atoms with Gasteiger partial charge in [-0.2, -0.15) is 0 Å². The summed E-state index contributed by atoms with van der Waals surface area (Å²) in [5.41, 5.74) is -0.529. The molecular formula is C12H17BrOS. The number of hydrogen-bond donors (Lipinski definition) is 1. The monoisotopic (exact) mass is 288 g/mol. The van der Waals surface area contributed by atoms with Crippen LogP contribution < -0.4 is 0 Å². The summed E-state index contributed by atoms with van der Waals surface area (Å²) in [6.07, 6.45) is 5.70. The van der Waals surface area contributed by atoms with Gasteiger partial charge in [0.25, 0.3) is 0 Å². The molecule has 84 valence electrons. The van der Waals surface area contributed by atoms with Gasteiger partial charge in [-0.1, -0.05) is 19.3 Å². The largest absolute Gasteiger partial charge is 0.390 e. The van der Waals surface area contributed by atoms with Crippen LogP contribution >= 0.6 is 27.3 Å². The first-order chi connectivity index (χ1) is 7.07. The molecule has 0 bridgehead atoms. The average Bonchev–Trinajstić information content (AvgIpc) is 2.45. The minimum absolute atomic E-state index is 0.529. The van der Waals surface area contributed by atoms with Crippen LogP contribution in [0.3, 0.4) is 0 Å². The van der Waals surface area contributed by atoms with E-state index < -0.39 is 5.60 Å². The second kappa shape index (κ2) is 4.56. The quantitative estimate of drug-likeness (QED) is 0.888. The molecule has 2 rings (SSSR count). The van der Waals surface area contributed by atoms with Crippen molar-refractivity contribution in [1.82, 2.24) is 0 Å². The standard InChI is InChI=1S/C12H17BrOS/c1-12(14,7-9-3-2-4-9)8-11-10(13)5-6-15-11/h5-6,9,14H,2-4,7-8H2,1H3. The normalized spacial score (nSPS) is 21.0. The topological polar surface area (TPSA) is 20.2 Å². The molecule has 1 saturated carbocycles. The van der Waals surface area contributed by atoms with Crippen molar-refractivity contribution in [3.05, 3.63) is 20.8 Å². The fraction of sp³-hybridized carbons (Fsp3) is 0.667. The Balaban J connectivity index is 1.94. The SMILES string of the molecule is CC(O)(Cc1sccc1Br)CC1CCC1. The van der Waals surface area contributed by atoms with Gasteiger partial charge >= 0.3 is 0 Å². The third-order valence-corrected chi connectivity index (χ3v) is 5.11. The number of aliphatic hydroxyl groups is 1. The Kier molecular flexibility index (Phi) is 3.53. The molecule has 1 nitrogen and oxygen atoms in total. The van der Waals surface area contributed by atoms with Crippen LogP contribution in [-0.4, -0.2) is 10.7 Å². The van der Waals surface area contributed by atoms with Crippen LogP contribution in [0, 0.1) is 5.92 Å². The molecule has 1 N–H and O–H groups in total. The van der Waals surface area contributed by atoms with Gasteiger partial charge in [0.2, 0.25) is 0 Å². The fourth-order valence-electron chi connectivity index (χ4n) is 2.19. The summed E-state index contributed by atoms with van der Waals surface area (Å²) in [7, 11) is 0. The van der Waals surface area contributed by atoms with E-state index in [0.29, 0.717) is 0 Å². The summed E-state index contributed by atoms with van der Waals surface area (Å²) < 4.78 is 1.14. The van der Waals surface area contributed by atoms with E-state index >= 15 is 0 Å². The maximum Gasteiger partial charge on any atom is 0.0670 e. The highest BCUT2D eigenvalue weighted by molar-refractivity contribution is 9.10. The lowest BCUT2D eigenvalue weighted by atomic mass is 9.77. The third kappa shape index (κ3) is 3.05. The van der Waals surface area contributed by atoms with E-state index in [1.165, 1.54) is 24.1 Å². The Hall–Kier alpha value is 0.140. The lowest BCUT2D eigenvalue weighted by Crippen LogP contribution is -2.32. The zero-order valence-corrected chi connectivity index (χ0v) is 11.4. The lowest BCUT2D eigenvalue weighted by molar-refractivity contribution is 0.0210. The van der Waals surface area contributed by atoms with Gasteiger partial charge in [-0.25, -0.2) is 0 Å². The van der Waals surface area contributed by atoms with Gasteiger partial charge in [0.15, 0.2) is 0 Å². The van der Waals surface area contributed by atoms with Gasteiger partial charge < -0.3 is 5.11 Å². The molecule has 1 aliphatic carbocycles. The molecule has 0 spiro atoms. The Labute approximate surface area is 104 Å².